The molecule has 2 fully saturated rings. The summed E-state index contributed by atoms with van der Waals surface area (Å²) in [6.07, 6.45) is 5.17. The number of hydrogen-bond acceptors (Lipinski definition) is 3. The van der Waals surface area contributed by atoms with Gasteiger partial charge in [-0.15, -0.1) is 0 Å². The second-order valence-corrected chi connectivity index (χ2v) is 10.1. The molecular formula is C30H27NO3. The SMILES string of the molecule is CC(C)(c1ccccc1)c1ccc(Oc2ccc(N3C(=O)[C@@H]4[C@H](C3=O)[C@@H]3C=C[C@H]4C3)cc2)cc1. The highest BCUT2D eigenvalue weighted by Gasteiger charge is 2.59. The van der Waals surface area contributed by atoms with Gasteiger partial charge in [0.15, 0.2) is 0 Å². The molecule has 0 radical (unpaired) electrons. The van der Waals surface area contributed by atoms with E-state index in [0.29, 0.717) is 11.4 Å². The first-order valence-electron chi connectivity index (χ1n) is 11.9. The van der Waals surface area contributed by atoms with Gasteiger partial charge in [-0.25, -0.2) is 0 Å². The van der Waals surface area contributed by atoms with Crippen molar-refractivity contribution in [2.45, 2.75) is 25.7 Å². The number of carbonyl (C=O) groups excluding carboxylic acids is 2. The minimum atomic E-state index is -0.183. The number of amides is 2. The molecule has 34 heavy (non-hydrogen) atoms. The number of fused-ring (bicyclic) bond motifs is 5. The molecule has 1 saturated carbocycles. The average Bonchev–Trinajstić information content (AvgIpc) is 3.54. The molecule has 4 atom stereocenters. The predicted octanol–water partition coefficient (Wildman–Crippen LogP) is 6.12. The van der Waals surface area contributed by atoms with E-state index in [1.54, 1.807) is 12.1 Å². The molecule has 4 nitrogen and oxygen atoms in total. The van der Waals surface area contributed by atoms with Gasteiger partial charge in [-0.2, -0.15) is 0 Å². The maximum Gasteiger partial charge on any atom is 0.238 e. The number of benzene rings is 3. The van der Waals surface area contributed by atoms with Crippen molar-refractivity contribution in [2.75, 3.05) is 4.90 Å². The number of imide groups is 1. The van der Waals surface area contributed by atoms with Crippen LogP contribution in [-0.4, -0.2) is 11.8 Å². The summed E-state index contributed by atoms with van der Waals surface area (Å²) in [7, 11) is 0. The van der Waals surface area contributed by atoms with E-state index in [2.05, 4.69) is 62.4 Å². The molecule has 6 rings (SSSR count). The summed E-state index contributed by atoms with van der Waals surface area (Å²) in [6, 6.07) is 25.8. The molecule has 1 aliphatic heterocycles. The largest absolute Gasteiger partial charge is 0.457 e. The zero-order chi connectivity index (χ0) is 23.4. The molecule has 0 unspecified atom stereocenters. The van der Waals surface area contributed by atoms with E-state index in [0.717, 1.165) is 12.2 Å². The first-order chi connectivity index (χ1) is 16.4. The van der Waals surface area contributed by atoms with Gasteiger partial charge in [-0.1, -0.05) is 68.5 Å². The Balaban J connectivity index is 1.17. The Labute approximate surface area is 199 Å². The Hall–Kier alpha value is -3.66. The van der Waals surface area contributed by atoms with E-state index in [-0.39, 0.29) is 40.9 Å². The molecule has 0 spiro atoms. The van der Waals surface area contributed by atoms with Crippen LogP contribution in [0, 0.1) is 23.7 Å². The number of rotatable bonds is 5. The molecule has 0 aromatic heterocycles. The first kappa shape index (κ1) is 20.9. The fraction of sp³-hybridized carbons (Fsp3) is 0.267. The van der Waals surface area contributed by atoms with Crippen LogP contribution in [-0.2, 0) is 15.0 Å². The van der Waals surface area contributed by atoms with Crippen molar-refractivity contribution in [1.82, 2.24) is 0 Å². The lowest BCUT2D eigenvalue weighted by atomic mass is 9.78. The fourth-order valence-electron chi connectivity index (χ4n) is 5.92. The van der Waals surface area contributed by atoms with Gasteiger partial charge in [0.2, 0.25) is 11.8 Å². The van der Waals surface area contributed by atoms with Crippen LogP contribution < -0.4 is 9.64 Å². The Morgan fingerprint density at radius 1 is 0.706 bits per heavy atom. The molecule has 170 valence electrons. The van der Waals surface area contributed by atoms with Gasteiger partial charge in [-0.3, -0.25) is 14.5 Å². The van der Waals surface area contributed by atoms with Crippen LogP contribution in [0.1, 0.15) is 31.4 Å². The molecule has 2 bridgehead atoms. The van der Waals surface area contributed by atoms with Crippen LogP contribution >= 0.6 is 0 Å². The number of ether oxygens (including phenoxy) is 1. The van der Waals surface area contributed by atoms with Crippen LogP contribution in [0.25, 0.3) is 0 Å². The van der Waals surface area contributed by atoms with Crippen LogP contribution in [0.3, 0.4) is 0 Å². The lowest BCUT2D eigenvalue weighted by molar-refractivity contribution is -0.123. The maximum absolute atomic E-state index is 13.0. The lowest BCUT2D eigenvalue weighted by Crippen LogP contribution is -2.32. The molecule has 2 aliphatic carbocycles. The molecule has 3 aromatic carbocycles. The van der Waals surface area contributed by atoms with Gasteiger partial charge in [0, 0.05) is 5.41 Å². The third-order valence-corrected chi connectivity index (χ3v) is 7.87. The smallest absolute Gasteiger partial charge is 0.238 e. The summed E-state index contributed by atoms with van der Waals surface area (Å²) in [5.41, 5.74) is 2.99. The summed E-state index contributed by atoms with van der Waals surface area (Å²) in [5.74, 6) is 1.36. The van der Waals surface area contributed by atoms with Gasteiger partial charge in [0.1, 0.15) is 11.5 Å². The van der Waals surface area contributed by atoms with Gasteiger partial charge in [-0.05, 0) is 65.8 Å². The topological polar surface area (TPSA) is 46.6 Å². The lowest BCUT2D eigenvalue weighted by Gasteiger charge is -2.26. The normalized spacial score (nSPS) is 25.2. The molecule has 3 aromatic rings. The second-order valence-electron chi connectivity index (χ2n) is 10.1. The number of allylic oxidation sites excluding steroid dienone is 2. The van der Waals surface area contributed by atoms with E-state index < -0.39 is 0 Å². The Kier molecular flexibility index (Phi) is 4.73. The van der Waals surface area contributed by atoms with E-state index in [4.69, 9.17) is 4.74 Å². The van der Waals surface area contributed by atoms with Crippen molar-refractivity contribution in [3.8, 4) is 11.5 Å². The zero-order valence-electron chi connectivity index (χ0n) is 19.3. The van der Waals surface area contributed by atoms with Crippen molar-refractivity contribution in [3.63, 3.8) is 0 Å². The molecule has 4 heteroatoms. The van der Waals surface area contributed by atoms with E-state index in [9.17, 15) is 9.59 Å². The van der Waals surface area contributed by atoms with Crippen molar-refractivity contribution < 1.29 is 14.3 Å². The van der Waals surface area contributed by atoms with E-state index in [1.165, 1.54) is 16.0 Å². The molecular weight excluding hydrogens is 422 g/mol. The summed E-state index contributed by atoms with van der Waals surface area (Å²) in [4.78, 5) is 27.4. The van der Waals surface area contributed by atoms with Gasteiger partial charge in [0.25, 0.3) is 0 Å². The minimum absolute atomic E-state index is 0.0582. The Morgan fingerprint density at radius 3 is 1.76 bits per heavy atom. The minimum Gasteiger partial charge on any atom is -0.457 e. The van der Waals surface area contributed by atoms with Gasteiger partial charge >= 0.3 is 0 Å². The Bertz CT molecular complexity index is 1240. The third-order valence-electron chi connectivity index (χ3n) is 7.87. The van der Waals surface area contributed by atoms with Crippen LogP contribution in [0.5, 0.6) is 11.5 Å². The highest BCUT2D eigenvalue weighted by molar-refractivity contribution is 6.22. The summed E-state index contributed by atoms with van der Waals surface area (Å²) in [5, 5.41) is 0. The zero-order valence-corrected chi connectivity index (χ0v) is 19.3. The number of anilines is 1. The summed E-state index contributed by atoms with van der Waals surface area (Å²) >= 11 is 0. The highest BCUT2D eigenvalue weighted by Crippen LogP contribution is 2.53. The molecule has 2 amide bonds. The van der Waals surface area contributed by atoms with Crippen LogP contribution in [0.4, 0.5) is 5.69 Å². The van der Waals surface area contributed by atoms with Crippen molar-refractivity contribution >= 4 is 17.5 Å². The number of carbonyl (C=O) groups is 2. The summed E-state index contributed by atoms with van der Waals surface area (Å²) < 4.78 is 6.04. The summed E-state index contributed by atoms with van der Waals surface area (Å²) in [6.45, 7) is 4.43. The molecule has 0 N–H and O–H groups in total. The van der Waals surface area contributed by atoms with Crippen molar-refractivity contribution in [2.24, 2.45) is 23.7 Å². The Morgan fingerprint density at radius 2 is 1.21 bits per heavy atom. The molecule has 3 aliphatic rings. The molecule has 1 saturated heterocycles. The third kappa shape index (κ3) is 3.20. The highest BCUT2D eigenvalue weighted by atomic mass is 16.5. The number of hydrogen-bond donors (Lipinski definition) is 0. The standard InChI is InChI=1S/C30H27NO3/c1-30(2,21-6-4-3-5-7-21)22-10-14-24(15-11-22)34-25-16-12-23(13-17-25)31-28(32)26-19-8-9-20(18-19)27(26)29(31)33/h3-17,19-20,26-27H,18H2,1-2H3/t19-,20+,26-,27+. The quantitative estimate of drug-likeness (QED) is 0.348. The van der Waals surface area contributed by atoms with Gasteiger partial charge in [0.05, 0.1) is 17.5 Å². The van der Waals surface area contributed by atoms with Crippen molar-refractivity contribution in [1.29, 1.82) is 0 Å². The molecule has 1 heterocycles. The van der Waals surface area contributed by atoms with Crippen molar-refractivity contribution in [3.05, 3.63) is 102 Å². The van der Waals surface area contributed by atoms with Crippen LogP contribution in [0.15, 0.2) is 91.0 Å². The second kappa shape index (κ2) is 7.69. The van der Waals surface area contributed by atoms with E-state index >= 15 is 0 Å². The average molecular weight is 450 g/mol. The fourth-order valence-corrected chi connectivity index (χ4v) is 5.92. The van der Waals surface area contributed by atoms with E-state index in [1.807, 2.05) is 30.3 Å². The predicted molar refractivity (Wildman–Crippen MR) is 132 cm³/mol. The number of nitrogens with zero attached hydrogens (tertiary/aromatic N) is 1. The maximum atomic E-state index is 13.0. The van der Waals surface area contributed by atoms with Gasteiger partial charge < -0.3 is 4.74 Å². The first-order valence-corrected chi connectivity index (χ1v) is 11.9. The monoisotopic (exact) mass is 449 g/mol. The van der Waals surface area contributed by atoms with Crippen LogP contribution in [0.2, 0.25) is 0 Å².